The van der Waals surface area contributed by atoms with E-state index in [1.807, 2.05) is 0 Å². The molecular formula is C20H44O2P+. The Hall–Kier alpha value is 0.350. The molecule has 0 aromatic rings. The number of hydrogen-bond acceptors (Lipinski definition) is 2. The number of hydrogen-bond donors (Lipinski definition) is 0. The predicted molar refractivity (Wildman–Crippen MR) is 107 cm³/mol. The Morgan fingerprint density at radius 1 is 0.652 bits per heavy atom. The van der Waals surface area contributed by atoms with E-state index in [0.29, 0.717) is 0 Å². The molecule has 0 aliphatic carbocycles. The first-order chi connectivity index (χ1) is 11.0. The van der Waals surface area contributed by atoms with Gasteiger partial charge in [-0.15, -0.1) is 0 Å². The minimum Gasteiger partial charge on any atom is -0.353 e. The Bertz CT molecular complexity index is 228. The molecule has 0 heterocycles. The lowest BCUT2D eigenvalue weighted by atomic mass is 10.1. The van der Waals surface area contributed by atoms with Crippen molar-refractivity contribution in [2.45, 2.75) is 90.8 Å². The second kappa shape index (κ2) is 15.9. The maximum atomic E-state index is 5.89. The summed E-state index contributed by atoms with van der Waals surface area (Å²) in [6, 6.07) is 0. The lowest BCUT2D eigenvalue weighted by molar-refractivity contribution is -0.147. The molecular weight excluding hydrogens is 303 g/mol. The molecule has 3 heteroatoms. The van der Waals surface area contributed by atoms with E-state index in [9.17, 15) is 0 Å². The third kappa shape index (κ3) is 18.5. The van der Waals surface area contributed by atoms with Crippen LogP contribution in [0.5, 0.6) is 0 Å². The van der Waals surface area contributed by atoms with Crippen LogP contribution < -0.4 is 0 Å². The Kier molecular flexibility index (Phi) is 16.1. The van der Waals surface area contributed by atoms with Crippen LogP contribution in [0.1, 0.15) is 84.5 Å². The molecule has 0 N–H and O–H groups in total. The van der Waals surface area contributed by atoms with Crippen LogP contribution in [-0.2, 0) is 9.47 Å². The van der Waals surface area contributed by atoms with Gasteiger partial charge in [0.1, 0.15) is 0 Å². The zero-order valence-corrected chi connectivity index (χ0v) is 17.6. The maximum absolute atomic E-state index is 5.89. The van der Waals surface area contributed by atoms with Gasteiger partial charge in [-0.2, -0.15) is 0 Å². The molecule has 0 aromatic heterocycles. The molecule has 0 fully saturated rings. The smallest absolute Gasteiger partial charge is 0.157 e. The zero-order valence-electron chi connectivity index (χ0n) is 16.7. The molecule has 0 radical (unpaired) electrons. The Morgan fingerprint density at radius 3 is 1.61 bits per heavy atom. The SMILES string of the molecule is CCCCOC(CCCCCCCC[P+](C)(C)C)OCCCC. The maximum Gasteiger partial charge on any atom is 0.157 e. The topological polar surface area (TPSA) is 18.5 Å². The second-order valence-electron chi connectivity index (χ2n) is 7.80. The summed E-state index contributed by atoms with van der Waals surface area (Å²) in [5, 5.41) is 0. The fraction of sp³-hybridized carbons (Fsp3) is 1.00. The van der Waals surface area contributed by atoms with Gasteiger partial charge in [0.2, 0.25) is 0 Å². The first-order valence-corrected chi connectivity index (χ1v) is 13.3. The van der Waals surface area contributed by atoms with E-state index in [1.54, 1.807) is 0 Å². The van der Waals surface area contributed by atoms with Crippen LogP contribution in [0, 0.1) is 0 Å². The van der Waals surface area contributed by atoms with Crippen LogP contribution >= 0.6 is 7.26 Å². The molecule has 0 saturated carbocycles. The minimum atomic E-state index is -0.550. The number of ether oxygens (including phenoxy) is 2. The summed E-state index contributed by atoms with van der Waals surface area (Å²) in [7, 11) is -0.550. The van der Waals surface area contributed by atoms with Crippen molar-refractivity contribution in [3.05, 3.63) is 0 Å². The minimum absolute atomic E-state index is 0.0405. The zero-order chi connectivity index (χ0) is 17.4. The predicted octanol–water partition coefficient (Wildman–Crippen LogP) is 6.58. The van der Waals surface area contributed by atoms with Gasteiger partial charge in [0.05, 0.1) is 6.16 Å². The fourth-order valence-corrected chi connectivity index (χ4v) is 3.71. The normalized spacial score (nSPS) is 12.3. The second-order valence-corrected chi connectivity index (χ2v) is 12.8. The van der Waals surface area contributed by atoms with Gasteiger partial charge in [-0.05, 0) is 38.5 Å². The first-order valence-electron chi connectivity index (χ1n) is 10.0. The third-order valence-corrected chi connectivity index (χ3v) is 5.78. The number of rotatable bonds is 17. The van der Waals surface area contributed by atoms with Gasteiger partial charge in [0.15, 0.2) is 6.29 Å². The highest BCUT2D eigenvalue weighted by molar-refractivity contribution is 7.73. The Balaban J connectivity index is 3.59. The third-order valence-electron chi connectivity index (χ3n) is 4.12. The van der Waals surface area contributed by atoms with Crippen molar-refractivity contribution in [3.8, 4) is 0 Å². The van der Waals surface area contributed by atoms with Crippen LogP contribution in [0.25, 0.3) is 0 Å². The molecule has 0 aliphatic heterocycles. The lowest BCUT2D eigenvalue weighted by Gasteiger charge is -2.18. The van der Waals surface area contributed by atoms with E-state index in [4.69, 9.17) is 9.47 Å². The molecule has 0 bridgehead atoms. The van der Waals surface area contributed by atoms with E-state index < -0.39 is 7.26 Å². The van der Waals surface area contributed by atoms with Crippen LogP contribution in [-0.4, -0.2) is 45.7 Å². The van der Waals surface area contributed by atoms with Crippen molar-refractivity contribution in [2.75, 3.05) is 39.4 Å². The van der Waals surface area contributed by atoms with Gasteiger partial charge in [0, 0.05) is 40.5 Å². The van der Waals surface area contributed by atoms with Crippen molar-refractivity contribution in [1.82, 2.24) is 0 Å². The molecule has 0 saturated heterocycles. The molecule has 0 aliphatic rings. The average molecular weight is 348 g/mol. The highest BCUT2D eigenvalue weighted by Crippen LogP contribution is 2.47. The molecule has 23 heavy (non-hydrogen) atoms. The van der Waals surface area contributed by atoms with Crippen LogP contribution in [0.3, 0.4) is 0 Å². The lowest BCUT2D eigenvalue weighted by Crippen LogP contribution is -2.18. The Morgan fingerprint density at radius 2 is 1.13 bits per heavy atom. The standard InChI is InChI=1S/C20H44O2P/c1-6-8-17-21-20(22-18-9-7-2)16-14-12-10-11-13-15-19-23(3,4)5/h20H,6-19H2,1-5H3/q+1. The molecule has 140 valence electrons. The molecule has 0 atom stereocenters. The molecule has 0 aromatic carbocycles. The quantitative estimate of drug-likeness (QED) is 0.168. The molecule has 2 nitrogen and oxygen atoms in total. The first kappa shape index (κ1) is 23.4. The van der Waals surface area contributed by atoms with Crippen molar-refractivity contribution in [2.24, 2.45) is 0 Å². The van der Waals surface area contributed by atoms with Gasteiger partial charge in [-0.1, -0.05) is 46.0 Å². The average Bonchev–Trinajstić information content (AvgIpc) is 2.48. The van der Waals surface area contributed by atoms with Crippen molar-refractivity contribution < 1.29 is 9.47 Å². The van der Waals surface area contributed by atoms with Gasteiger partial charge in [0.25, 0.3) is 0 Å². The fourth-order valence-electron chi connectivity index (χ4n) is 2.54. The van der Waals surface area contributed by atoms with Gasteiger partial charge >= 0.3 is 0 Å². The van der Waals surface area contributed by atoms with E-state index in [-0.39, 0.29) is 6.29 Å². The highest BCUT2D eigenvalue weighted by Gasteiger charge is 2.15. The molecule has 0 unspecified atom stereocenters. The summed E-state index contributed by atoms with van der Waals surface area (Å²) >= 11 is 0. The van der Waals surface area contributed by atoms with Crippen LogP contribution in [0.15, 0.2) is 0 Å². The number of unbranched alkanes of at least 4 members (excludes halogenated alkanes) is 7. The van der Waals surface area contributed by atoms with Crippen molar-refractivity contribution >= 4 is 7.26 Å². The summed E-state index contributed by atoms with van der Waals surface area (Å²) in [6.45, 7) is 13.5. The van der Waals surface area contributed by atoms with Crippen LogP contribution in [0.4, 0.5) is 0 Å². The van der Waals surface area contributed by atoms with Gasteiger partial charge < -0.3 is 9.47 Å². The largest absolute Gasteiger partial charge is 0.353 e. The molecule has 0 amide bonds. The summed E-state index contributed by atoms with van der Waals surface area (Å²) in [4.78, 5) is 0. The van der Waals surface area contributed by atoms with E-state index in [0.717, 1.165) is 32.5 Å². The van der Waals surface area contributed by atoms with Crippen molar-refractivity contribution in [1.29, 1.82) is 0 Å². The molecule has 0 spiro atoms. The van der Waals surface area contributed by atoms with E-state index >= 15 is 0 Å². The van der Waals surface area contributed by atoms with E-state index in [1.165, 1.54) is 57.5 Å². The highest BCUT2D eigenvalue weighted by atomic mass is 31.2. The monoisotopic (exact) mass is 347 g/mol. The van der Waals surface area contributed by atoms with Gasteiger partial charge in [-0.25, -0.2) is 0 Å². The van der Waals surface area contributed by atoms with E-state index in [2.05, 4.69) is 33.8 Å². The molecule has 0 rings (SSSR count). The van der Waals surface area contributed by atoms with Gasteiger partial charge in [-0.3, -0.25) is 0 Å². The Labute approximate surface area is 147 Å². The summed E-state index contributed by atoms with van der Waals surface area (Å²) < 4.78 is 11.8. The summed E-state index contributed by atoms with van der Waals surface area (Å²) in [5.74, 6) is 0. The van der Waals surface area contributed by atoms with Crippen LogP contribution in [0.2, 0.25) is 0 Å². The summed E-state index contributed by atoms with van der Waals surface area (Å²) in [6.07, 6.45) is 15.4. The summed E-state index contributed by atoms with van der Waals surface area (Å²) in [5.41, 5.74) is 0. The van der Waals surface area contributed by atoms with Crippen molar-refractivity contribution in [3.63, 3.8) is 0 Å².